The molecule has 1 aliphatic rings. The number of imidazole rings is 1. The molecule has 0 aliphatic carbocycles. The molecule has 0 bridgehead atoms. The minimum atomic E-state index is -0.364. The molecule has 2 aromatic rings. The number of hydrogen-bond donors (Lipinski definition) is 1. The highest BCUT2D eigenvalue weighted by Gasteiger charge is 2.19. The van der Waals surface area contributed by atoms with E-state index in [1.165, 1.54) is 6.07 Å². The lowest BCUT2D eigenvalue weighted by molar-refractivity contribution is 0.205. The first-order chi connectivity index (χ1) is 9.15. The number of nitrogens with zero attached hydrogens (tertiary/aromatic N) is 2. The van der Waals surface area contributed by atoms with Crippen molar-refractivity contribution in [2.24, 2.45) is 5.92 Å². The Hall–Kier alpha value is -1.62. The molecule has 2 heterocycles. The van der Waals surface area contributed by atoms with E-state index in [4.69, 9.17) is 0 Å². The minimum absolute atomic E-state index is 0.209. The second-order valence-corrected chi connectivity index (χ2v) is 5.42. The summed E-state index contributed by atoms with van der Waals surface area (Å²) in [6.07, 6.45) is 2.18. The Morgan fingerprint density at radius 1 is 1.37 bits per heavy atom. The Kier molecular flexibility index (Phi) is 3.14. The molecule has 1 aromatic carbocycles. The third kappa shape index (κ3) is 2.30. The summed E-state index contributed by atoms with van der Waals surface area (Å²) in [5.74, 6) is 0.132. The number of benzene rings is 1. The van der Waals surface area contributed by atoms with E-state index >= 15 is 0 Å². The van der Waals surface area contributed by atoms with Crippen LogP contribution in [0.5, 0.6) is 0 Å². The van der Waals surface area contributed by atoms with Crippen molar-refractivity contribution in [3.63, 3.8) is 0 Å². The number of likely N-dealkylation sites (tertiary alicyclic amines) is 1. The first kappa shape index (κ1) is 12.4. The van der Waals surface area contributed by atoms with Gasteiger partial charge in [-0.25, -0.2) is 9.18 Å². The Labute approximate surface area is 110 Å². The van der Waals surface area contributed by atoms with Gasteiger partial charge in [0.25, 0.3) is 0 Å². The average Bonchev–Trinajstić information content (AvgIpc) is 2.71. The van der Waals surface area contributed by atoms with Gasteiger partial charge in [-0.15, -0.1) is 0 Å². The van der Waals surface area contributed by atoms with Gasteiger partial charge in [0, 0.05) is 6.54 Å². The first-order valence-corrected chi connectivity index (χ1v) is 6.70. The van der Waals surface area contributed by atoms with Crippen LogP contribution in [-0.2, 0) is 6.54 Å². The van der Waals surface area contributed by atoms with E-state index in [1.54, 1.807) is 16.7 Å². The Morgan fingerprint density at radius 2 is 2.11 bits per heavy atom. The molecule has 0 atom stereocenters. The fourth-order valence-corrected chi connectivity index (χ4v) is 2.83. The Morgan fingerprint density at radius 3 is 2.84 bits per heavy atom. The lowest BCUT2D eigenvalue weighted by atomic mass is 9.97. The predicted molar refractivity (Wildman–Crippen MR) is 72.7 cm³/mol. The van der Waals surface area contributed by atoms with Crippen molar-refractivity contribution in [3.8, 4) is 0 Å². The van der Waals surface area contributed by atoms with E-state index in [-0.39, 0.29) is 11.5 Å². The van der Waals surface area contributed by atoms with Gasteiger partial charge in [0.15, 0.2) is 0 Å². The van der Waals surface area contributed by atoms with Gasteiger partial charge >= 0.3 is 5.69 Å². The molecule has 4 nitrogen and oxygen atoms in total. The lowest BCUT2D eigenvalue weighted by Gasteiger charge is -2.28. The summed E-state index contributed by atoms with van der Waals surface area (Å²) in [7, 11) is 2.11. The summed E-state index contributed by atoms with van der Waals surface area (Å²) in [4.78, 5) is 16.9. The highest BCUT2D eigenvalue weighted by atomic mass is 19.1. The molecule has 0 saturated carbocycles. The zero-order valence-electron chi connectivity index (χ0n) is 11.0. The number of piperidine rings is 1. The second kappa shape index (κ2) is 4.81. The molecule has 0 amide bonds. The van der Waals surface area contributed by atoms with Crippen molar-refractivity contribution in [2.75, 3.05) is 20.1 Å². The molecule has 1 saturated heterocycles. The topological polar surface area (TPSA) is 41.0 Å². The van der Waals surface area contributed by atoms with E-state index in [0.29, 0.717) is 23.5 Å². The summed E-state index contributed by atoms with van der Waals surface area (Å²) >= 11 is 0. The van der Waals surface area contributed by atoms with Crippen molar-refractivity contribution >= 4 is 11.0 Å². The van der Waals surface area contributed by atoms with Gasteiger partial charge in [0.2, 0.25) is 0 Å². The van der Waals surface area contributed by atoms with Crippen molar-refractivity contribution < 1.29 is 4.39 Å². The van der Waals surface area contributed by atoms with Gasteiger partial charge in [0.1, 0.15) is 11.3 Å². The van der Waals surface area contributed by atoms with Gasteiger partial charge < -0.3 is 9.88 Å². The molecule has 0 radical (unpaired) electrons. The molecular formula is C14H18FN3O. The van der Waals surface area contributed by atoms with Crippen LogP contribution in [0.3, 0.4) is 0 Å². The summed E-state index contributed by atoms with van der Waals surface area (Å²) in [6, 6.07) is 4.82. The molecule has 5 heteroatoms. The Bertz CT molecular complexity index is 638. The van der Waals surface area contributed by atoms with Gasteiger partial charge in [0.05, 0.1) is 5.52 Å². The standard InChI is InChI=1S/C14H18FN3O/c1-17-7-5-10(6-8-17)9-18-12-4-2-3-11(15)13(12)16-14(18)19/h2-4,10H,5-9H2,1H3,(H,16,19). The van der Waals surface area contributed by atoms with E-state index in [0.717, 1.165) is 25.9 Å². The molecule has 19 heavy (non-hydrogen) atoms. The maximum Gasteiger partial charge on any atom is 0.326 e. The zero-order chi connectivity index (χ0) is 13.4. The molecule has 3 rings (SSSR count). The summed E-state index contributed by atoms with van der Waals surface area (Å²) in [5.41, 5.74) is 0.781. The largest absolute Gasteiger partial charge is 0.326 e. The van der Waals surface area contributed by atoms with Crippen LogP contribution in [0.4, 0.5) is 4.39 Å². The van der Waals surface area contributed by atoms with Gasteiger partial charge in [-0.05, 0) is 51.0 Å². The van der Waals surface area contributed by atoms with Crippen molar-refractivity contribution in [1.29, 1.82) is 0 Å². The van der Waals surface area contributed by atoms with E-state index < -0.39 is 0 Å². The van der Waals surface area contributed by atoms with Gasteiger partial charge in [-0.3, -0.25) is 4.57 Å². The quantitative estimate of drug-likeness (QED) is 0.897. The van der Waals surface area contributed by atoms with Crippen LogP contribution in [0.15, 0.2) is 23.0 Å². The fourth-order valence-electron chi connectivity index (χ4n) is 2.83. The third-order valence-corrected chi connectivity index (χ3v) is 4.04. The fraction of sp³-hybridized carbons (Fsp3) is 0.500. The normalized spacial score (nSPS) is 18.2. The van der Waals surface area contributed by atoms with Crippen LogP contribution in [0.1, 0.15) is 12.8 Å². The van der Waals surface area contributed by atoms with E-state index in [9.17, 15) is 9.18 Å². The maximum absolute atomic E-state index is 13.6. The van der Waals surface area contributed by atoms with Crippen LogP contribution in [0, 0.1) is 11.7 Å². The predicted octanol–water partition coefficient (Wildman–Crippen LogP) is 1.81. The van der Waals surface area contributed by atoms with E-state index in [2.05, 4.69) is 16.9 Å². The average molecular weight is 263 g/mol. The highest BCUT2D eigenvalue weighted by Crippen LogP contribution is 2.20. The van der Waals surface area contributed by atoms with Crippen LogP contribution < -0.4 is 5.69 Å². The highest BCUT2D eigenvalue weighted by molar-refractivity contribution is 5.75. The van der Waals surface area contributed by atoms with Crippen LogP contribution in [-0.4, -0.2) is 34.6 Å². The molecule has 1 N–H and O–H groups in total. The molecule has 1 fully saturated rings. The SMILES string of the molecule is CN1CCC(Cn2c(=O)[nH]c3c(F)cccc32)CC1. The van der Waals surface area contributed by atoms with Gasteiger partial charge in [-0.1, -0.05) is 6.07 Å². The van der Waals surface area contributed by atoms with Crippen LogP contribution in [0.25, 0.3) is 11.0 Å². The summed E-state index contributed by atoms with van der Waals surface area (Å²) in [5, 5.41) is 0. The van der Waals surface area contributed by atoms with E-state index in [1.807, 2.05) is 0 Å². The van der Waals surface area contributed by atoms with Gasteiger partial charge in [-0.2, -0.15) is 0 Å². The second-order valence-electron chi connectivity index (χ2n) is 5.42. The molecule has 1 aromatic heterocycles. The maximum atomic E-state index is 13.6. The minimum Gasteiger partial charge on any atom is -0.306 e. The van der Waals surface area contributed by atoms with Crippen molar-refractivity contribution in [3.05, 3.63) is 34.5 Å². The Balaban J connectivity index is 1.91. The number of hydrogen-bond acceptors (Lipinski definition) is 2. The molecule has 102 valence electrons. The molecule has 0 unspecified atom stereocenters. The smallest absolute Gasteiger partial charge is 0.306 e. The van der Waals surface area contributed by atoms with Crippen molar-refractivity contribution in [1.82, 2.24) is 14.5 Å². The lowest BCUT2D eigenvalue weighted by Crippen LogP contribution is -2.33. The monoisotopic (exact) mass is 263 g/mol. The number of fused-ring (bicyclic) bond motifs is 1. The number of nitrogens with one attached hydrogen (secondary N) is 1. The number of para-hydroxylation sites is 1. The number of H-pyrrole nitrogens is 1. The third-order valence-electron chi connectivity index (χ3n) is 4.04. The number of aromatic nitrogens is 2. The van der Waals surface area contributed by atoms with Crippen LogP contribution in [0.2, 0.25) is 0 Å². The molecule has 1 aliphatic heterocycles. The van der Waals surface area contributed by atoms with Crippen molar-refractivity contribution in [2.45, 2.75) is 19.4 Å². The number of aromatic amines is 1. The molecule has 0 spiro atoms. The number of rotatable bonds is 2. The molecular weight excluding hydrogens is 245 g/mol. The summed E-state index contributed by atoms with van der Waals surface area (Å²) in [6.45, 7) is 2.81. The van der Waals surface area contributed by atoms with Crippen LogP contribution >= 0.6 is 0 Å². The first-order valence-electron chi connectivity index (χ1n) is 6.70. The zero-order valence-corrected chi connectivity index (χ0v) is 11.0. The summed E-state index contributed by atoms with van der Waals surface area (Å²) < 4.78 is 15.3. The number of halogens is 1.